The van der Waals surface area contributed by atoms with Gasteiger partial charge in [0.15, 0.2) is 0 Å². The molecule has 1 rings (SSSR count). The number of rotatable bonds is 4. The average Bonchev–Trinajstić information content (AvgIpc) is 2.22. The molecule has 0 bridgehead atoms. The van der Waals surface area contributed by atoms with Crippen molar-refractivity contribution < 1.29 is 4.74 Å². The number of hydrogen-bond acceptors (Lipinski definition) is 3. The summed E-state index contributed by atoms with van der Waals surface area (Å²) >= 11 is 7.84. The summed E-state index contributed by atoms with van der Waals surface area (Å²) in [7, 11) is 1.62. The molecule has 0 aromatic heterocycles. The maximum Gasteiger partial charge on any atom is 0.137 e. The smallest absolute Gasteiger partial charge is 0.137 e. The predicted molar refractivity (Wildman–Crippen MR) is 71.7 cm³/mol. The van der Waals surface area contributed by atoms with E-state index in [-0.39, 0.29) is 4.75 Å². The second-order valence-electron chi connectivity index (χ2n) is 4.32. The van der Waals surface area contributed by atoms with E-state index < -0.39 is 0 Å². The first-order chi connectivity index (χ1) is 7.39. The Balaban J connectivity index is 3.02. The van der Waals surface area contributed by atoms with Crippen LogP contribution in [0.4, 0.5) is 0 Å². The lowest BCUT2D eigenvalue weighted by Gasteiger charge is -2.23. The van der Waals surface area contributed by atoms with Crippen molar-refractivity contribution in [3.05, 3.63) is 22.7 Å². The number of benzene rings is 1. The first-order valence-corrected chi connectivity index (χ1v) is 6.32. The summed E-state index contributed by atoms with van der Waals surface area (Å²) < 4.78 is 5.19. The molecule has 0 unspecified atom stereocenters. The summed E-state index contributed by atoms with van der Waals surface area (Å²) in [6.45, 7) is 6.92. The number of nitrogens with two attached hydrogens (primary N) is 1. The van der Waals surface area contributed by atoms with Crippen LogP contribution in [0.2, 0.25) is 5.02 Å². The van der Waals surface area contributed by atoms with Crippen molar-refractivity contribution in [1.82, 2.24) is 0 Å². The van der Waals surface area contributed by atoms with Gasteiger partial charge in [-0.1, -0.05) is 11.6 Å². The van der Waals surface area contributed by atoms with Crippen LogP contribution in [0.15, 0.2) is 17.0 Å². The van der Waals surface area contributed by atoms with Gasteiger partial charge in [0.2, 0.25) is 0 Å². The van der Waals surface area contributed by atoms with Crippen LogP contribution in [0.25, 0.3) is 0 Å². The minimum absolute atomic E-state index is 0.0165. The van der Waals surface area contributed by atoms with Crippen molar-refractivity contribution in [1.29, 1.82) is 0 Å². The van der Waals surface area contributed by atoms with E-state index in [0.717, 1.165) is 10.5 Å². The highest BCUT2D eigenvalue weighted by Crippen LogP contribution is 2.38. The van der Waals surface area contributed by atoms with Crippen LogP contribution >= 0.6 is 23.4 Å². The molecule has 2 N–H and O–H groups in total. The third-order valence-corrected chi connectivity index (χ3v) is 4.00. The first-order valence-electron chi connectivity index (χ1n) is 5.13. The fourth-order valence-electron chi connectivity index (χ4n) is 1.24. The average molecular weight is 260 g/mol. The van der Waals surface area contributed by atoms with E-state index in [0.29, 0.717) is 17.3 Å². The van der Waals surface area contributed by atoms with E-state index in [2.05, 4.69) is 13.8 Å². The second kappa shape index (κ2) is 5.30. The van der Waals surface area contributed by atoms with E-state index >= 15 is 0 Å². The Morgan fingerprint density at radius 3 is 2.56 bits per heavy atom. The molecule has 1 aromatic rings. The standard InChI is InChI=1S/C12H18ClNOS/c1-8-5-10(15-4)9(13)6-11(8)16-12(2,3)7-14/h5-6H,7,14H2,1-4H3. The fraction of sp³-hybridized carbons (Fsp3) is 0.500. The van der Waals surface area contributed by atoms with Gasteiger partial charge in [-0.25, -0.2) is 0 Å². The second-order valence-corrected chi connectivity index (χ2v) is 6.47. The van der Waals surface area contributed by atoms with Gasteiger partial charge in [-0.15, -0.1) is 11.8 Å². The van der Waals surface area contributed by atoms with Crippen LogP contribution in [0, 0.1) is 6.92 Å². The molecule has 0 atom stereocenters. The van der Waals surface area contributed by atoms with Gasteiger partial charge >= 0.3 is 0 Å². The monoisotopic (exact) mass is 259 g/mol. The van der Waals surface area contributed by atoms with Gasteiger partial charge in [-0.3, -0.25) is 0 Å². The summed E-state index contributed by atoms with van der Waals surface area (Å²) in [5, 5.41) is 0.642. The van der Waals surface area contributed by atoms with Gasteiger partial charge in [0.25, 0.3) is 0 Å². The van der Waals surface area contributed by atoms with Gasteiger partial charge in [0.1, 0.15) is 5.75 Å². The zero-order valence-electron chi connectivity index (χ0n) is 10.1. The van der Waals surface area contributed by atoms with Crippen molar-refractivity contribution in [2.75, 3.05) is 13.7 Å². The Morgan fingerprint density at radius 2 is 2.06 bits per heavy atom. The third-order valence-electron chi connectivity index (χ3n) is 2.33. The number of aryl methyl sites for hydroxylation is 1. The van der Waals surface area contributed by atoms with Crippen molar-refractivity contribution in [3.8, 4) is 5.75 Å². The quantitative estimate of drug-likeness (QED) is 0.841. The van der Waals surface area contributed by atoms with Crippen LogP contribution in [0.5, 0.6) is 5.75 Å². The lowest BCUT2D eigenvalue weighted by atomic mass is 10.2. The molecule has 2 nitrogen and oxygen atoms in total. The van der Waals surface area contributed by atoms with Gasteiger partial charge in [0, 0.05) is 16.2 Å². The molecule has 1 aromatic carbocycles. The van der Waals surface area contributed by atoms with Crippen LogP contribution in [-0.2, 0) is 0 Å². The van der Waals surface area contributed by atoms with Crippen molar-refractivity contribution in [2.24, 2.45) is 5.73 Å². The predicted octanol–water partition coefficient (Wildman–Crippen LogP) is 3.49. The highest BCUT2D eigenvalue weighted by Gasteiger charge is 2.19. The molecule has 0 amide bonds. The Hall–Kier alpha value is -0.380. The van der Waals surface area contributed by atoms with Crippen molar-refractivity contribution in [2.45, 2.75) is 30.4 Å². The number of methoxy groups -OCH3 is 1. The topological polar surface area (TPSA) is 35.2 Å². The van der Waals surface area contributed by atoms with Gasteiger partial charge in [-0.2, -0.15) is 0 Å². The van der Waals surface area contributed by atoms with Crippen LogP contribution < -0.4 is 10.5 Å². The van der Waals surface area contributed by atoms with E-state index in [1.165, 1.54) is 0 Å². The highest BCUT2D eigenvalue weighted by atomic mass is 35.5. The Bertz CT molecular complexity index is 380. The van der Waals surface area contributed by atoms with E-state index in [4.69, 9.17) is 22.1 Å². The van der Waals surface area contributed by atoms with Gasteiger partial charge in [-0.05, 0) is 38.5 Å². The largest absolute Gasteiger partial charge is 0.495 e. The molecule has 0 aliphatic heterocycles. The van der Waals surface area contributed by atoms with Crippen LogP contribution in [0.3, 0.4) is 0 Å². The maximum absolute atomic E-state index is 6.10. The van der Waals surface area contributed by atoms with E-state index in [1.807, 2.05) is 19.1 Å². The summed E-state index contributed by atoms with van der Waals surface area (Å²) in [5.41, 5.74) is 6.88. The summed E-state index contributed by atoms with van der Waals surface area (Å²) in [4.78, 5) is 1.15. The first kappa shape index (κ1) is 13.7. The zero-order valence-corrected chi connectivity index (χ0v) is 11.7. The summed E-state index contributed by atoms with van der Waals surface area (Å²) in [6.07, 6.45) is 0. The third kappa shape index (κ3) is 3.30. The van der Waals surface area contributed by atoms with Gasteiger partial charge in [0.05, 0.1) is 12.1 Å². The van der Waals surface area contributed by atoms with Crippen molar-refractivity contribution in [3.63, 3.8) is 0 Å². The lowest BCUT2D eigenvalue weighted by Crippen LogP contribution is -2.26. The molecular formula is C12H18ClNOS. The maximum atomic E-state index is 6.10. The van der Waals surface area contributed by atoms with E-state index in [1.54, 1.807) is 18.9 Å². The van der Waals surface area contributed by atoms with Crippen molar-refractivity contribution >= 4 is 23.4 Å². The molecule has 0 aliphatic rings. The molecule has 0 spiro atoms. The summed E-state index contributed by atoms with van der Waals surface area (Å²) in [5.74, 6) is 0.717. The molecule has 0 aliphatic carbocycles. The minimum Gasteiger partial charge on any atom is -0.495 e. The molecule has 0 radical (unpaired) electrons. The molecule has 16 heavy (non-hydrogen) atoms. The lowest BCUT2D eigenvalue weighted by molar-refractivity contribution is 0.414. The van der Waals surface area contributed by atoms with Crippen LogP contribution in [0.1, 0.15) is 19.4 Å². The Morgan fingerprint density at radius 1 is 1.44 bits per heavy atom. The fourth-order valence-corrected chi connectivity index (χ4v) is 2.62. The van der Waals surface area contributed by atoms with E-state index in [9.17, 15) is 0 Å². The summed E-state index contributed by atoms with van der Waals surface area (Å²) in [6, 6.07) is 3.90. The normalized spacial score (nSPS) is 11.6. The minimum atomic E-state index is 0.0165. The number of halogens is 1. The van der Waals surface area contributed by atoms with Crippen LogP contribution in [-0.4, -0.2) is 18.4 Å². The highest BCUT2D eigenvalue weighted by molar-refractivity contribution is 8.00. The Labute approximate surface area is 107 Å². The molecule has 0 saturated heterocycles. The number of thioether (sulfide) groups is 1. The number of hydrogen-bond donors (Lipinski definition) is 1. The Kier molecular flexibility index (Phi) is 4.53. The molecule has 0 saturated carbocycles. The molecule has 4 heteroatoms. The molecular weight excluding hydrogens is 242 g/mol. The SMILES string of the molecule is COc1cc(C)c(SC(C)(C)CN)cc1Cl. The molecule has 0 heterocycles. The molecule has 0 fully saturated rings. The van der Waals surface area contributed by atoms with Gasteiger partial charge < -0.3 is 10.5 Å². The zero-order chi connectivity index (χ0) is 12.3. The molecule has 90 valence electrons. The number of ether oxygens (including phenoxy) is 1.